The monoisotopic (exact) mass is 717 g/mol. The molecule has 8 aromatic rings. The molecule has 0 saturated heterocycles. The third kappa shape index (κ3) is 4.43. The third-order valence-corrected chi connectivity index (χ3v) is 13.8. The van der Waals surface area contributed by atoms with Crippen LogP contribution in [0.5, 0.6) is 0 Å². The zero-order chi connectivity index (χ0) is 37.1. The Bertz CT molecular complexity index is 3080. The summed E-state index contributed by atoms with van der Waals surface area (Å²) in [5.41, 5.74) is 15.2. The van der Waals surface area contributed by atoms with E-state index in [-0.39, 0.29) is 5.41 Å². The van der Waals surface area contributed by atoms with Gasteiger partial charge in [-0.25, -0.2) is 0 Å². The van der Waals surface area contributed by atoms with Gasteiger partial charge in [0.15, 0.2) is 0 Å². The predicted molar refractivity (Wildman–Crippen MR) is 239 cm³/mol. The molecule has 1 aromatic heterocycles. The first-order valence-electron chi connectivity index (χ1n) is 20.6. The Balaban J connectivity index is 1.24. The maximum Gasteiger partial charge on any atom is 0.0619 e. The van der Waals surface area contributed by atoms with Crippen molar-refractivity contribution in [2.75, 3.05) is 0 Å². The van der Waals surface area contributed by atoms with Crippen molar-refractivity contribution in [3.8, 4) is 27.9 Å². The quantitative estimate of drug-likeness (QED) is 0.160. The fourth-order valence-corrected chi connectivity index (χ4v) is 11.2. The van der Waals surface area contributed by atoms with E-state index < -0.39 is 0 Å². The maximum atomic E-state index is 2.63. The summed E-state index contributed by atoms with van der Waals surface area (Å²) < 4.78 is 2.63. The van der Waals surface area contributed by atoms with Crippen LogP contribution in [0.4, 0.5) is 0 Å². The maximum absolute atomic E-state index is 2.63. The van der Waals surface area contributed by atoms with Crippen LogP contribution in [0.1, 0.15) is 66.2 Å². The second-order valence-electron chi connectivity index (χ2n) is 17.0. The van der Waals surface area contributed by atoms with Crippen LogP contribution in [0.15, 0.2) is 152 Å². The molecule has 1 heterocycles. The van der Waals surface area contributed by atoms with Crippen LogP contribution in [-0.2, 0) is 18.3 Å². The van der Waals surface area contributed by atoms with E-state index in [0.29, 0.717) is 11.8 Å². The third-order valence-electron chi connectivity index (χ3n) is 13.8. The van der Waals surface area contributed by atoms with Crippen molar-refractivity contribution in [3.05, 3.63) is 185 Å². The van der Waals surface area contributed by atoms with Gasteiger partial charge in [0.1, 0.15) is 0 Å². The molecule has 0 N–H and O–H groups in total. The number of aromatic nitrogens is 1. The molecule has 0 spiro atoms. The van der Waals surface area contributed by atoms with Gasteiger partial charge >= 0.3 is 0 Å². The predicted octanol–water partition coefficient (Wildman–Crippen LogP) is 14.5. The number of hydrogen-bond donors (Lipinski definition) is 0. The molecule has 0 amide bonds. The van der Waals surface area contributed by atoms with E-state index in [0.717, 1.165) is 25.7 Å². The molecule has 0 bridgehead atoms. The zero-order valence-corrected chi connectivity index (χ0v) is 32.0. The van der Waals surface area contributed by atoms with Crippen molar-refractivity contribution >= 4 is 55.2 Å². The molecule has 1 heteroatoms. The highest BCUT2D eigenvalue weighted by Crippen LogP contribution is 2.57. The molecule has 7 aromatic carbocycles. The summed E-state index contributed by atoms with van der Waals surface area (Å²) in [4.78, 5) is 0. The summed E-state index contributed by atoms with van der Waals surface area (Å²) in [6.07, 6.45) is 23.4. The molecule has 0 aliphatic heterocycles. The normalized spacial score (nSPS) is 18.8. The zero-order valence-electron chi connectivity index (χ0n) is 32.0. The van der Waals surface area contributed by atoms with Crippen LogP contribution in [0.2, 0.25) is 0 Å². The van der Waals surface area contributed by atoms with Gasteiger partial charge in [-0.1, -0.05) is 147 Å². The van der Waals surface area contributed by atoms with Gasteiger partial charge in [0.05, 0.1) is 5.69 Å². The van der Waals surface area contributed by atoms with Crippen molar-refractivity contribution in [2.45, 2.75) is 50.9 Å². The smallest absolute Gasteiger partial charge is 0.0619 e. The van der Waals surface area contributed by atoms with Gasteiger partial charge in [0.25, 0.3) is 0 Å². The molecule has 1 nitrogen and oxygen atoms in total. The Labute approximate surface area is 328 Å². The number of allylic oxidation sites excluding steroid dienone is 6. The van der Waals surface area contributed by atoms with Gasteiger partial charge < -0.3 is 4.57 Å². The fraction of sp³-hybridized carbons (Fsp3) is 0.164. The van der Waals surface area contributed by atoms with E-state index in [9.17, 15) is 0 Å². The molecular formula is C55H43N. The highest BCUT2D eigenvalue weighted by Gasteiger charge is 2.45. The molecule has 0 fully saturated rings. The SMILES string of the molecule is CC1(C)c2cc(-c3c4ccccc4c(-n4c5c(c6c4C=CCC6)CCC=C5)c4ccc(-c5ccc6ccccc6c5)cc34)c3ccccc3c2C2C=CC=CC21. The molecule has 4 aliphatic carbocycles. The van der Waals surface area contributed by atoms with Crippen LogP contribution < -0.4 is 0 Å². The Morgan fingerprint density at radius 3 is 1.96 bits per heavy atom. The van der Waals surface area contributed by atoms with Crippen LogP contribution in [-0.4, -0.2) is 4.57 Å². The highest BCUT2D eigenvalue weighted by molar-refractivity contribution is 6.22. The second-order valence-corrected chi connectivity index (χ2v) is 17.0. The van der Waals surface area contributed by atoms with Gasteiger partial charge in [0.2, 0.25) is 0 Å². The molecule has 12 rings (SSSR count). The number of benzene rings is 7. The lowest BCUT2D eigenvalue weighted by Gasteiger charge is -2.29. The molecule has 2 atom stereocenters. The van der Waals surface area contributed by atoms with E-state index in [1.165, 1.54) is 105 Å². The fourth-order valence-electron chi connectivity index (χ4n) is 11.2. The van der Waals surface area contributed by atoms with E-state index in [2.05, 4.69) is 182 Å². The summed E-state index contributed by atoms with van der Waals surface area (Å²) in [5, 5.41) is 10.5. The van der Waals surface area contributed by atoms with Crippen molar-refractivity contribution < 1.29 is 0 Å². The molecule has 0 radical (unpaired) electrons. The standard InChI is InChI=1S/C55H43N/c1-55(2)48-24-12-9-23-45(48)53-41-20-6-5-17-38(41)47(33-49(53)55)52-42-21-7-8-22-43(42)54(56-50-25-13-10-18-39(50)40-19-11-14-26-51(40)56)44-30-29-37(32-46(44)52)36-28-27-34-15-3-4-16-35(34)31-36/h3-9,12-17,20-33,45,48H,10-11,18-19H2,1-2H3. The van der Waals surface area contributed by atoms with Crippen LogP contribution in [0.25, 0.3) is 83.2 Å². The van der Waals surface area contributed by atoms with E-state index in [4.69, 9.17) is 0 Å². The molecular weight excluding hydrogens is 675 g/mol. The summed E-state index contributed by atoms with van der Waals surface area (Å²) in [7, 11) is 0. The topological polar surface area (TPSA) is 4.93 Å². The minimum atomic E-state index is -0.0101. The van der Waals surface area contributed by atoms with Crippen molar-refractivity contribution in [1.82, 2.24) is 4.57 Å². The van der Waals surface area contributed by atoms with Crippen molar-refractivity contribution in [3.63, 3.8) is 0 Å². The molecule has 4 aliphatic rings. The number of hydrogen-bond acceptors (Lipinski definition) is 0. The Kier molecular flexibility index (Phi) is 6.83. The minimum absolute atomic E-state index is 0.0101. The molecule has 2 unspecified atom stereocenters. The van der Waals surface area contributed by atoms with Gasteiger partial charge in [0, 0.05) is 28.1 Å². The van der Waals surface area contributed by atoms with Crippen LogP contribution in [0, 0.1) is 5.92 Å². The molecule has 268 valence electrons. The summed E-state index contributed by atoms with van der Waals surface area (Å²) in [6, 6.07) is 44.1. The Morgan fingerprint density at radius 1 is 0.554 bits per heavy atom. The van der Waals surface area contributed by atoms with E-state index in [1.54, 1.807) is 0 Å². The first-order valence-corrected chi connectivity index (χ1v) is 20.6. The minimum Gasteiger partial charge on any atom is -0.309 e. The number of fused-ring (bicyclic) bond motifs is 11. The number of nitrogens with zero attached hydrogens (tertiary/aromatic N) is 1. The Morgan fingerprint density at radius 2 is 1.18 bits per heavy atom. The van der Waals surface area contributed by atoms with E-state index >= 15 is 0 Å². The lowest BCUT2D eigenvalue weighted by Crippen LogP contribution is -2.24. The summed E-state index contributed by atoms with van der Waals surface area (Å²) in [5.74, 6) is 0.815. The lowest BCUT2D eigenvalue weighted by molar-refractivity contribution is 0.394. The van der Waals surface area contributed by atoms with Gasteiger partial charge in [-0.15, -0.1) is 0 Å². The van der Waals surface area contributed by atoms with E-state index in [1.807, 2.05) is 0 Å². The van der Waals surface area contributed by atoms with Crippen LogP contribution >= 0.6 is 0 Å². The largest absolute Gasteiger partial charge is 0.309 e. The van der Waals surface area contributed by atoms with Crippen LogP contribution in [0.3, 0.4) is 0 Å². The average molecular weight is 718 g/mol. The van der Waals surface area contributed by atoms with Gasteiger partial charge in [-0.3, -0.25) is 0 Å². The average Bonchev–Trinajstić information content (AvgIpc) is 3.70. The lowest BCUT2D eigenvalue weighted by atomic mass is 9.74. The second kappa shape index (κ2) is 11.9. The first-order chi connectivity index (χ1) is 27.6. The van der Waals surface area contributed by atoms with Gasteiger partial charge in [-0.05, 0) is 144 Å². The van der Waals surface area contributed by atoms with Crippen molar-refractivity contribution in [2.24, 2.45) is 5.92 Å². The molecule has 0 saturated carbocycles. The summed E-state index contributed by atoms with van der Waals surface area (Å²) in [6.45, 7) is 4.93. The Hall–Kier alpha value is -6.18. The van der Waals surface area contributed by atoms with Crippen molar-refractivity contribution in [1.29, 1.82) is 0 Å². The highest BCUT2D eigenvalue weighted by atomic mass is 15.0. The number of rotatable bonds is 3. The first kappa shape index (κ1) is 32.1. The summed E-state index contributed by atoms with van der Waals surface area (Å²) >= 11 is 0. The molecule has 56 heavy (non-hydrogen) atoms. The van der Waals surface area contributed by atoms with Gasteiger partial charge in [-0.2, -0.15) is 0 Å².